The van der Waals surface area contributed by atoms with E-state index in [9.17, 15) is 26.4 Å². The molecular weight excluding hydrogens is 433 g/mol. The molecule has 0 aromatic heterocycles. The van der Waals surface area contributed by atoms with Crippen LogP contribution in [0.5, 0.6) is 5.75 Å². The number of benzene rings is 3. The van der Waals surface area contributed by atoms with Crippen molar-refractivity contribution in [3.63, 3.8) is 0 Å². The first-order valence-corrected chi connectivity index (χ1v) is 10.3. The van der Waals surface area contributed by atoms with E-state index in [-0.39, 0.29) is 16.2 Å². The van der Waals surface area contributed by atoms with Gasteiger partial charge in [0.05, 0.1) is 12.8 Å². The lowest BCUT2D eigenvalue weighted by Gasteiger charge is -2.14. The van der Waals surface area contributed by atoms with Crippen molar-refractivity contribution < 1.29 is 31.1 Å². The minimum Gasteiger partial charge on any atom is -0.495 e. The van der Waals surface area contributed by atoms with Crippen LogP contribution >= 0.6 is 0 Å². The maximum atomic E-state index is 13.8. The number of carbonyl (C=O) groups is 1. The van der Waals surface area contributed by atoms with Crippen molar-refractivity contribution in [3.05, 3.63) is 83.2 Å². The predicted molar refractivity (Wildman–Crippen MR) is 109 cm³/mol. The van der Waals surface area contributed by atoms with Gasteiger partial charge in [-0.15, -0.1) is 0 Å². The molecule has 3 aromatic carbocycles. The largest absolute Gasteiger partial charge is 0.495 e. The van der Waals surface area contributed by atoms with Crippen molar-refractivity contribution in [1.82, 2.24) is 0 Å². The summed E-state index contributed by atoms with van der Waals surface area (Å²) in [5, 5.41) is 2.09. The second kappa shape index (κ2) is 8.68. The van der Waals surface area contributed by atoms with Gasteiger partial charge >= 0.3 is 0 Å². The fraction of sp³-hybridized carbons (Fsp3) is 0.0952. The maximum Gasteiger partial charge on any atom is 0.265 e. The van der Waals surface area contributed by atoms with Gasteiger partial charge in [-0.1, -0.05) is 17.7 Å². The van der Waals surface area contributed by atoms with Gasteiger partial charge in [-0.05, 0) is 37.3 Å². The van der Waals surface area contributed by atoms with Crippen LogP contribution in [0.3, 0.4) is 0 Å². The Kier molecular flexibility index (Phi) is 6.21. The van der Waals surface area contributed by atoms with Crippen LogP contribution in [0, 0.1) is 24.4 Å². The summed E-state index contributed by atoms with van der Waals surface area (Å²) in [7, 11) is -2.90. The molecule has 0 aliphatic heterocycles. The zero-order chi connectivity index (χ0) is 22.8. The average Bonchev–Trinajstić information content (AvgIpc) is 2.73. The Labute approximate surface area is 176 Å². The molecular formula is C21H17F3N2O4S. The highest BCUT2D eigenvalue weighted by molar-refractivity contribution is 7.92. The molecule has 6 nitrogen and oxygen atoms in total. The Morgan fingerprint density at radius 1 is 0.903 bits per heavy atom. The molecule has 0 aliphatic rings. The SMILES string of the molecule is COc1ccc(C(=O)Nc2cc(F)c(F)cc2F)cc1S(=O)(=O)Nc1ccc(C)cc1. The van der Waals surface area contributed by atoms with E-state index in [1.165, 1.54) is 19.2 Å². The Hall–Kier alpha value is -3.53. The second-order valence-corrected chi connectivity index (χ2v) is 8.19. The van der Waals surface area contributed by atoms with Crippen LogP contribution in [-0.2, 0) is 10.0 Å². The zero-order valence-electron chi connectivity index (χ0n) is 16.4. The van der Waals surface area contributed by atoms with Gasteiger partial charge in [0.25, 0.3) is 15.9 Å². The fourth-order valence-corrected chi connectivity index (χ4v) is 3.93. The molecule has 0 heterocycles. The van der Waals surface area contributed by atoms with E-state index >= 15 is 0 Å². The summed E-state index contributed by atoms with van der Waals surface area (Å²) in [5.41, 5.74) is 0.464. The molecule has 0 spiro atoms. The Bertz CT molecular complexity index is 1250. The quantitative estimate of drug-likeness (QED) is 0.543. The van der Waals surface area contributed by atoms with Crippen LogP contribution in [0.15, 0.2) is 59.5 Å². The standard InChI is InChI=1S/C21H17F3N2O4S/c1-12-3-6-14(7-4-12)26-31(28,29)20-9-13(5-8-19(20)30-2)21(27)25-18-11-16(23)15(22)10-17(18)24/h3-11,26H,1-2H3,(H,25,27). The summed E-state index contributed by atoms with van der Waals surface area (Å²) >= 11 is 0. The molecule has 10 heteroatoms. The van der Waals surface area contributed by atoms with Gasteiger partial charge in [-0.2, -0.15) is 0 Å². The normalized spacial score (nSPS) is 11.1. The molecule has 0 radical (unpaired) electrons. The highest BCUT2D eigenvalue weighted by Crippen LogP contribution is 2.28. The second-order valence-electron chi connectivity index (χ2n) is 6.54. The number of sulfonamides is 1. The number of carbonyl (C=O) groups excluding carboxylic acids is 1. The topological polar surface area (TPSA) is 84.5 Å². The van der Waals surface area contributed by atoms with Crippen molar-refractivity contribution in [1.29, 1.82) is 0 Å². The molecule has 0 saturated carbocycles. The first kappa shape index (κ1) is 22.2. The van der Waals surface area contributed by atoms with Gasteiger partial charge in [-0.25, -0.2) is 21.6 Å². The van der Waals surface area contributed by atoms with E-state index in [1.807, 2.05) is 6.92 Å². The monoisotopic (exact) mass is 450 g/mol. The molecule has 2 N–H and O–H groups in total. The van der Waals surface area contributed by atoms with Crippen LogP contribution in [0.4, 0.5) is 24.5 Å². The number of hydrogen-bond donors (Lipinski definition) is 2. The molecule has 0 atom stereocenters. The summed E-state index contributed by atoms with van der Waals surface area (Å²) in [4.78, 5) is 12.1. The van der Waals surface area contributed by atoms with Crippen LogP contribution in [-0.4, -0.2) is 21.4 Å². The first-order valence-electron chi connectivity index (χ1n) is 8.84. The van der Waals surface area contributed by atoms with Gasteiger partial charge < -0.3 is 10.1 Å². The number of ether oxygens (including phenoxy) is 1. The van der Waals surface area contributed by atoms with Gasteiger partial charge in [-0.3, -0.25) is 9.52 Å². The lowest BCUT2D eigenvalue weighted by molar-refractivity contribution is 0.102. The van der Waals surface area contributed by atoms with Gasteiger partial charge in [0.2, 0.25) is 0 Å². The molecule has 0 unspecified atom stereocenters. The highest BCUT2D eigenvalue weighted by atomic mass is 32.2. The maximum absolute atomic E-state index is 13.8. The minimum absolute atomic E-state index is 0.0323. The average molecular weight is 450 g/mol. The number of anilines is 2. The molecule has 0 saturated heterocycles. The highest BCUT2D eigenvalue weighted by Gasteiger charge is 2.23. The smallest absolute Gasteiger partial charge is 0.265 e. The molecule has 162 valence electrons. The molecule has 1 amide bonds. The number of aryl methyl sites for hydroxylation is 1. The fourth-order valence-electron chi connectivity index (χ4n) is 2.67. The summed E-state index contributed by atoms with van der Waals surface area (Å²) in [6.07, 6.45) is 0. The van der Waals surface area contributed by atoms with Crippen LogP contribution in [0.2, 0.25) is 0 Å². The van der Waals surface area contributed by atoms with Crippen LogP contribution in [0.25, 0.3) is 0 Å². The Balaban J connectivity index is 1.93. The van der Waals surface area contributed by atoms with E-state index < -0.39 is 39.1 Å². The van der Waals surface area contributed by atoms with Crippen LogP contribution in [0.1, 0.15) is 15.9 Å². The number of rotatable bonds is 6. The third-order valence-electron chi connectivity index (χ3n) is 4.28. The zero-order valence-corrected chi connectivity index (χ0v) is 17.2. The first-order chi connectivity index (χ1) is 14.6. The van der Waals surface area contributed by atoms with E-state index in [2.05, 4.69) is 10.0 Å². The Morgan fingerprint density at radius 3 is 2.19 bits per heavy atom. The van der Waals surface area contributed by atoms with Gasteiger partial charge in [0.15, 0.2) is 11.6 Å². The number of halogens is 3. The van der Waals surface area contributed by atoms with E-state index in [4.69, 9.17) is 4.74 Å². The van der Waals surface area contributed by atoms with Crippen molar-refractivity contribution in [2.24, 2.45) is 0 Å². The van der Waals surface area contributed by atoms with E-state index in [0.29, 0.717) is 17.8 Å². The third kappa shape index (κ3) is 4.97. The molecule has 0 aliphatic carbocycles. The molecule has 0 bridgehead atoms. The summed E-state index contributed by atoms with van der Waals surface area (Å²) in [5.74, 6) is -4.91. The van der Waals surface area contributed by atoms with Crippen molar-refractivity contribution in [3.8, 4) is 5.75 Å². The number of methoxy groups -OCH3 is 1. The van der Waals surface area contributed by atoms with Crippen molar-refractivity contribution in [2.45, 2.75) is 11.8 Å². The van der Waals surface area contributed by atoms with Crippen LogP contribution < -0.4 is 14.8 Å². The van der Waals surface area contributed by atoms with Crippen molar-refractivity contribution >= 4 is 27.3 Å². The molecule has 0 fully saturated rings. The number of nitrogens with one attached hydrogen (secondary N) is 2. The number of amides is 1. The van der Waals surface area contributed by atoms with Gasteiger partial charge in [0, 0.05) is 23.4 Å². The van der Waals surface area contributed by atoms with E-state index in [0.717, 1.165) is 11.6 Å². The third-order valence-corrected chi connectivity index (χ3v) is 5.68. The summed E-state index contributed by atoms with van der Waals surface area (Å²) < 4.78 is 73.5. The lowest BCUT2D eigenvalue weighted by Crippen LogP contribution is -2.17. The van der Waals surface area contributed by atoms with Crippen molar-refractivity contribution in [2.75, 3.05) is 17.1 Å². The number of hydrogen-bond acceptors (Lipinski definition) is 4. The van der Waals surface area contributed by atoms with E-state index in [1.54, 1.807) is 24.3 Å². The molecule has 31 heavy (non-hydrogen) atoms. The predicted octanol–water partition coefficient (Wildman–Crippen LogP) is 4.47. The summed E-state index contributed by atoms with van der Waals surface area (Å²) in [6.45, 7) is 1.85. The van der Waals surface area contributed by atoms with Gasteiger partial charge in [0.1, 0.15) is 16.5 Å². The Morgan fingerprint density at radius 2 is 1.55 bits per heavy atom. The minimum atomic E-state index is -4.16. The molecule has 3 rings (SSSR count). The molecule has 3 aromatic rings. The summed E-state index contributed by atoms with van der Waals surface area (Å²) in [6, 6.07) is 10.9. The lowest BCUT2D eigenvalue weighted by atomic mass is 10.2.